The topological polar surface area (TPSA) is 0 Å². The first-order valence-corrected chi connectivity index (χ1v) is 3.32. The number of fused-ring (bicyclic) bond motifs is 1. The van der Waals surface area contributed by atoms with Gasteiger partial charge in [-0.05, 0) is 0 Å². The third-order valence-corrected chi connectivity index (χ3v) is 1.59. The Morgan fingerprint density at radius 2 is 1.58 bits per heavy atom. The normalized spacial score (nSPS) is 8.33. The van der Waals surface area contributed by atoms with E-state index in [1.807, 2.05) is 24.3 Å². The summed E-state index contributed by atoms with van der Waals surface area (Å²) in [5.41, 5.74) is 0. The van der Waals surface area contributed by atoms with Gasteiger partial charge in [-0.3, -0.25) is 0 Å². The summed E-state index contributed by atoms with van der Waals surface area (Å²) in [6, 6.07) is 17.3. The SMILES string of the molecule is [CH3-].[Mg+2].[c-]1ccc2ccccc2c1. The quantitative estimate of drug-likeness (QED) is 0.417. The van der Waals surface area contributed by atoms with E-state index in [0.29, 0.717) is 0 Å². The van der Waals surface area contributed by atoms with Gasteiger partial charge >= 0.3 is 23.1 Å². The summed E-state index contributed by atoms with van der Waals surface area (Å²) in [6.07, 6.45) is 0. The zero-order valence-electron chi connectivity index (χ0n) is 7.25. The summed E-state index contributed by atoms with van der Waals surface area (Å²) in [4.78, 5) is 0. The van der Waals surface area contributed by atoms with Crippen molar-refractivity contribution >= 4 is 33.8 Å². The minimum absolute atomic E-state index is 0. The molecule has 0 nitrogen and oxygen atoms in total. The molecule has 2 aromatic rings. The average molecular weight is 167 g/mol. The van der Waals surface area contributed by atoms with Crippen LogP contribution in [-0.4, -0.2) is 23.1 Å². The average Bonchev–Trinajstić information content (AvgIpc) is 2.05. The fourth-order valence-corrected chi connectivity index (χ4v) is 1.07. The van der Waals surface area contributed by atoms with Gasteiger partial charge in [0.1, 0.15) is 0 Å². The van der Waals surface area contributed by atoms with Gasteiger partial charge in [0.15, 0.2) is 0 Å². The van der Waals surface area contributed by atoms with Crippen LogP contribution in [0.15, 0.2) is 42.5 Å². The minimum atomic E-state index is 0. The molecule has 0 heterocycles. The molecule has 0 aliphatic heterocycles. The summed E-state index contributed by atoms with van der Waals surface area (Å²) in [7, 11) is 0. The Bertz CT molecular complexity index is 276. The van der Waals surface area contributed by atoms with Crippen molar-refractivity contribution in [1.29, 1.82) is 0 Å². The van der Waals surface area contributed by atoms with Crippen LogP contribution >= 0.6 is 0 Å². The molecule has 2 rings (SSSR count). The molecule has 0 unspecified atom stereocenters. The minimum Gasteiger partial charge on any atom is -0.358 e. The van der Waals surface area contributed by atoms with Crippen LogP contribution in [0.25, 0.3) is 10.8 Å². The maximum atomic E-state index is 3.04. The van der Waals surface area contributed by atoms with Crippen LogP contribution < -0.4 is 0 Å². The van der Waals surface area contributed by atoms with Crippen LogP contribution in [0.5, 0.6) is 0 Å². The van der Waals surface area contributed by atoms with E-state index in [1.54, 1.807) is 0 Å². The summed E-state index contributed by atoms with van der Waals surface area (Å²) in [5, 5.41) is 2.53. The van der Waals surface area contributed by atoms with Gasteiger partial charge in [-0.25, -0.2) is 0 Å². The molecule has 0 aliphatic carbocycles. The Morgan fingerprint density at radius 1 is 0.917 bits per heavy atom. The Kier molecular flexibility index (Phi) is 4.94. The Labute approximate surface area is 89.8 Å². The largest absolute Gasteiger partial charge is 2.00 e. The van der Waals surface area contributed by atoms with Gasteiger partial charge in [0.2, 0.25) is 0 Å². The summed E-state index contributed by atoms with van der Waals surface area (Å²) in [5.74, 6) is 0. The molecule has 0 atom stereocenters. The smallest absolute Gasteiger partial charge is 0.358 e. The first-order chi connectivity index (χ1) is 4.97. The zero-order chi connectivity index (χ0) is 6.81. The fraction of sp³-hybridized carbons (Fsp3) is 0. The molecular formula is C11H10Mg. The van der Waals surface area contributed by atoms with E-state index in [9.17, 15) is 0 Å². The van der Waals surface area contributed by atoms with Gasteiger partial charge in [0.05, 0.1) is 0 Å². The molecule has 0 aromatic heterocycles. The van der Waals surface area contributed by atoms with Crippen molar-refractivity contribution in [3.05, 3.63) is 56.0 Å². The van der Waals surface area contributed by atoms with E-state index in [2.05, 4.69) is 24.3 Å². The maximum absolute atomic E-state index is 3.04. The molecule has 0 fully saturated rings. The van der Waals surface area contributed by atoms with Gasteiger partial charge in [0.25, 0.3) is 0 Å². The van der Waals surface area contributed by atoms with Crippen molar-refractivity contribution in [2.24, 2.45) is 0 Å². The van der Waals surface area contributed by atoms with Crippen molar-refractivity contribution in [3.63, 3.8) is 0 Å². The number of hydrogen-bond acceptors (Lipinski definition) is 0. The molecule has 2 aromatic carbocycles. The molecule has 0 amide bonds. The van der Waals surface area contributed by atoms with E-state index < -0.39 is 0 Å². The van der Waals surface area contributed by atoms with Gasteiger partial charge < -0.3 is 7.43 Å². The maximum Gasteiger partial charge on any atom is 2.00 e. The fourth-order valence-electron chi connectivity index (χ4n) is 1.07. The Morgan fingerprint density at radius 3 is 2.25 bits per heavy atom. The van der Waals surface area contributed by atoms with Gasteiger partial charge in [-0.2, -0.15) is 24.3 Å². The first kappa shape index (κ1) is 11.5. The number of hydrogen-bond donors (Lipinski definition) is 0. The second-order valence-electron chi connectivity index (χ2n) is 2.27. The van der Waals surface area contributed by atoms with E-state index >= 15 is 0 Å². The van der Waals surface area contributed by atoms with Gasteiger partial charge in [-0.1, -0.05) is 18.2 Å². The van der Waals surface area contributed by atoms with E-state index in [1.165, 1.54) is 10.8 Å². The summed E-state index contributed by atoms with van der Waals surface area (Å²) < 4.78 is 0. The molecule has 0 radical (unpaired) electrons. The van der Waals surface area contributed by atoms with Crippen LogP contribution in [0.4, 0.5) is 0 Å². The first-order valence-electron chi connectivity index (χ1n) is 3.32. The number of benzene rings is 2. The van der Waals surface area contributed by atoms with Crippen LogP contribution in [0.2, 0.25) is 0 Å². The monoisotopic (exact) mass is 166 g/mol. The molecule has 1 heteroatoms. The van der Waals surface area contributed by atoms with Crippen molar-refractivity contribution in [2.75, 3.05) is 0 Å². The number of rotatable bonds is 0. The van der Waals surface area contributed by atoms with Crippen LogP contribution in [0, 0.1) is 13.5 Å². The molecule has 0 bridgehead atoms. The second-order valence-corrected chi connectivity index (χ2v) is 2.27. The van der Waals surface area contributed by atoms with Crippen molar-refractivity contribution in [3.8, 4) is 0 Å². The predicted octanol–water partition coefficient (Wildman–Crippen LogP) is 2.71. The van der Waals surface area contributed by atoms with E-state index in [4.69, 9.17) is 0 Å². The molecule has 0 saturated heterocycles. The predicted molar refractivity (Wildman–Crippen MR) is 55.0 cm³/mol. The second kappa shape index (κ2) is 5.17. The van der Waals surface area contributed by atoms with E-state index in [-0.39, 0.29) is 30.5 Å². The third kappa shape index (κ3) is 2.22. The molecule has 0 aliphatic rings. The van der Waals surface area contributed by atoms with Crippen LogP contribution in [-0.2, 0) is 0 Å². The third-order valence-electron chi connectivity index (χ3n) is 1.59. The molecule has 0 spiro atoms. The molecule has 0 saturated carbocycles. The zero-order valence-corrected chi connectivity index (χ0v) is 8.66. The van der Waals surface area contributed by atoms with E-state index in [0.717, 1.165) is 0 Å². The van der Waals surface area contributed by atoms with Crippen molar-refractivity contribution < 1.29 is 0 Å². The molecule has 0 N–H and O–H groups in total. The van der Waals surface area contributed by atoms with Crippen LogP contribution in [0.3, 0.4) is 0 Å². The summed E-state index contributed by atoms with van der Waals surface area (Å²) in [6.45, 7) is 0. The Hall–Kier alpha value is -0.534. The summed E-state index contributed by atoms with van der Waals surface area (Å²) >= 11 is 0. The van der Waals surface area contributed by atoms with Gasteiger partial charge in [0, 0.05) is 0 Å². The van der Waals surface area contributed by atoms with Gasteiger partial charge in [-0.15, -0.1) is 16.8 Å². The van der Waals surface area contributed by atoms with Crippen LogP contribution in [0.1, 0.15) is 0 Å². The van der Waals surface area contributed by atoms with Crippen molar-refractivity contribution in [1.82, 2.24) is 0 Å². The standard InChI is InChI=1S/C10H7.CH3.Mg/c1-2-6-10-8-4-3-7-9(10)5-1;;/h1-3,5-8H;1H3;/q2*-1;+2. The molecule has 12 heavy (non-hydrogen) atoms. The molecular weight excluding hydrogens is 156 g/mol. The Balaban J connectivity index is 0.000000605. The molecule has 56 valence electrons. The van der Waals surface area contributed by atoms with Crippen molar-refractivity contribution in [2.45, 2.75) is 0 Å².